The zero-order valence-corrected chi connectivity index (χ0v) is 21.0. The molecule has 4 rings (SSSR count). The van der Waals surface area contributed by atoms with Gasteiger partial charge in [0.05, 0.1) is 22.6 Å². The predicted octanol–water partition coefficient (Wildman–Crippen LogP) is 6.35. The van der Waals surface area contributed by atoms with Crippen LogP contribution in [0.25, 0.3) is 6.08 Å². The minimum atomic E-state index is -0.449. The van der Waals surface area contributed by atoms with Crippen molar-refractivity contribution < 1.29 is 19.2 Å². The Labute approximate surface area is 213 Å². The van der Waals surface area contributed by atoms with Gasteiger partial charge in [0.25, 0.3) is 11.6 Å². The fourth-order valence-corrected chi connectivity index (χ4v) is 4.99. The fraction of sp³-hybridized carbons (Fsp3) is 0.0833. The van der Waals surface area contributed by atoms with Crippen molar-refractivity contribution in [1.82, 2.24) is 0 Å². The lowest BCUT2D eigenvalue weighted by atomic mass is 10.1. The van der Waals surface area contributed by atoms with Gasteiger partial charge in [-0.2, -0.15) is 0 Å². The number of carbonyl (C=O) groups excluding carboxylic acids is 1. The topological polar surface area (TPSA) is 81.9 Å². The number of nitro groups is 1. The fourth-order valence-electron chi connectivity index (χ4n) is 3.26. The smallest absolute Gasteiger partial charge is 0.270 e. The molecule has 0 N–H and O–H groups in total. The number of hydrogen-bond donors (Lipinski definition) is 0. The van der Waals surface area contributed by atoms with Crippen LogP contribution in [0.3, 0.4) is 0 Å². The number of nitro benzene ring substituents is 1. The number of carbonyl (C=O) groups is 1. The van der Waals surface area contributed by atoms with Crippen molar-refractivity contribution in [2.45, 2.75) is 6.61 Å². The maximum atomic E-state index is 13.0. The summed E-state index contributed by atoms with van der Waals surface area (Å²) in [5.41, 5.74) is 2.08. The molecular formula is C24H17BrN2O5S2. The lowest BCUT2D eigenvalue weighted by molar-refractivity contribution is -0.384. The number of hydrogen-bond acceptors (Lipinski definition) is 7. The van der Waals surface area contributed by atoms with Crippen LogP contribution in [0.5, 0.6) is 11.5 Å². The minimum Gasteiger partial charge on any atom is -0.493 e. The number of amides is 1. The van der Waals surface area contributed by atoms with Gasteiger partial charge in [0, 0.05) is 16.6 Å². The quantitative estimate of drug-likeness (QED) is 0.145. The highest BCUT2D eigenvalue weighted by atomic mass is 79.9. The highest BCUT2D eigenvalue weighted by Gasteiger charge is 2.33. The van der Waals surface area contributed by atoms with Crippen LogP contribution >= 0.6 is 39.9 Å². The minimum absolute atomic E-state index is 0.00240. The number of halogens is 1. The lowest BCUT2D eigenvalue weighted by Gasteiger charge is -2.14. The SMILES string of the molecule is COc1cc(/C=C2/SC(=S)N(c3ccccc3)C2=O)c(Br)cc1OCc1cccc([N+](=O)[O-])c1. The summed E-state index contributed by atoms with van der Waals surface area (Å²) in [6.45, 7) is 0.125. The van der Waals surface area contributed by atoms with Gasteiger partial charge in [0.15, 0.2) is 15.8 Å². The summed E-state index contributed by atoms with van der Waals surface area (Å²) in [6.07, 6.45) is 1.75. The second-order valence-corrected chi connectivity index (χ2v) is 9.62. The average Bonchev–Trinajstić information content (AvgIpc) is 3.12. The average molecular weight is 557 g/mol. The lowest BCUT2D eigenvalue weighted by Crippen LogP contribution is -2.27. The second-order valence-electron chi connectivity index (χ2n) is 7.09. The molecule has 0 atom stereocenters. The van der Waals surface area contributed by atoms with Gasteiger partial charge in [-0.1, -0.05) is 70.2 Å². The molecule has 0 radical (unpaired) electrons. The standard InChI is InChI=1S/C24H17BrN2O5S2/c1-31-20-11-16(12-22-23(28)26(24(33)34-22)17-7-3-2-4-8-17)19(25)13-21(20)32-14-15-6-5-9-18(10-15)27(29)30/h2-13H,14H2,1H3/b22-12+. The predicted molar refractivity (Wildman–Crippen MR) is 140 cm³/mol. The van der Waals surface area contributed by atoms with Gasteiger partial charge in [-0.15, -0.1) is 0 Å². The second kappa shape index (κ2) is 10.4. The summed E-state index contributed by atoms with van der Waals surface area (Å²) in [5, 5.41) is 11.0. The van der Waals surface area contributed by atoms with Crippen molar-refractivity contribution in [1.29, 1.82) is 0 Å². The largest absolute Gasteiger partial charge is 0.493 e. The van der Waals surface area contributed by atoms with Crippen molar-refractivity contribution in [3.63, 3.8) is 0 Å². The Morgan fingerprint density at radius 1 is 1.12 bits per heavy atom. The van der Waals surface area contributed by atoms with Crippen LogP contribution in [-0.4, -0.2) is 22.3 Å². The summed E-state index contributed by atoms with van der Waals surface area (Å²) in [7, 11) is 1.52. The number of thioether (sulfide) groups is 1. The first-order chi connectivity index (χ1) is 16.4. The summed E-state index contributed by atoms with van der Waals surface area (Å²) < 4.78 is 12.5. The summed E-state index contributed by atoms with van der Waals surface area (Å²) in [4.78, 5) is 25.6. The summed E-state index contributed by atoms with van der Waals surface area (Å²) in [6, 6.07) is 19.0. The third-order valence-electron chi connectivity index (χ3n) is 4.89. The van der Waals surface area contributed by atoms with Crippen LogP contribution in [0.1, 0.15) is 11.1 Å². The van der Waals surface area contributed by atoms with E-state index in [1.165, 1.54) is 35.9 Å². The molecule has 0 saturated carbocycles. The maximum Gasteiger partial charge on any atom is 0.270 e. The highest BCUT2D eigenvalue weighted by molar-refractivity contribution is 9.10. The van der Waals surface area contributed by atoms with Gasteiger partial charge >= 0.3 is 0 Å². The molecule has 1 fully saturated rings. The molecule has 1 amide bonds. The molecule has 0 spiro atoms. The molecule has 1 aliphatic rings. The van der Waals surface area contributed by atoms with Crippen LogP contribution in [0.4, 0.5) is 11.4 Å². The number of ether oxygens (including phenoxy) is 2. The van der Waals surface area contributed by atoms with Crippen molar-refractivity contribution >= 4 is 67.6 Å². The van der Waals surface area contributed by atoms with Crippen molar-refractivity contribution in [2.24, 2.45) is 0 Å². The normalized spacial score (nSPS) is 14.5. The molecule has 172 valence electrons. The Hall–Kier alpha value is -3.21. The molecule has 3 aromatic carbocycles. The van der Waals surface area contributed by atoms with Gasteiger partial charge in [0.1, 0.15) is 6.61 Å². The van der Waals surface area contributed by atoms with Gasteiger partial charge < -0.3 is 9.47 Å². The number of methoxy groups -OCH3 is 1. The molecule has 1 aliphatic heterocycles. The molecule has 0 aromatic heterocycles. The van der Waals surface area contributed by atoms with Gasteiger partial charge in [-0.05, 0) is 41.5 Å². The van der Waals surface area contributed by atoms with E-state index < -0.39 is 4.92 Å². The van der Waals surface area contributed by atoms with E-state index in [1.807, 2.05) is 30.3 Å². The zero-order valence-electron chi connectivity index (χ0n) is 17.8. The van der Waals surface area contributed by atoms with Gasteiger partial charge in [-0.25, -0.2) is 0 Å². The van der Waals surface area contributed by atoms with Gasteiger partial charge in [0.2, 0.25) is 0 Å². The first-order valence-corrected chi connectivity index (χ1v) is 12.0. The maximum absolute atomic E-state index is 13.0. The van der Waals surface area contributed by atoms with E-state index in [4.69, 9.17) is 21.7 Å². The van der Waals surface area contributed by atoms with E-state index in [-0.39, 0.29) is 18.2 Å². The van der Waals surface area contributed by atoms with Crippen LogP contribution < -0.4 is 14.4 Å². The van der Waals surface area contributed by atoms with E-state index in [9.17, 15) is 14.9 Å². The number of para-hydroxylation sites is 1. The first-order valence-electron chi connectivity index (χ1n) is 9.94. The van der Waals surface area contributed by atoms with E-state index in [0.29, 0.717) is 36.3 Å². The number of anilines is 1. The van der Waals surface area contributed by atoms with Crippen molar-refractivity contribution in [3.05, 3.63) is 97.3 Å². The van der Waals surface area contributed by atoms with E-state index in [2.05, 4.69) is 15.9 Å². The molecule has 7 nitrogen and oxygen atoms in total. The molecular weight excluding hydrogens is 540 g/mol. The Morgan fingerprint density at radius 2 is 1.88 bits per heavy atom. The number of thiocarbonyl (C=S) groups is 1. The Kier molecular flexibility index (Phi) is 7.30. The molecule has 0 unspecified atom stereocenters. The third-order valence-corrected chi connectivity index (χ3v) is 6.88. The van der Waals surface area contributed by atoms with Crippen molar-refractivity contribution in [2.75, 3.05) is 12.0 Å². The molecule has 34 heavy (non-hydrogen) atoms. The number of rotatable bonds is 7. The monoisotopic (exact) mass is 556 g/mol. The summed E-state index contributed by atoms with van der Waals surface area (Å²) >= 11 is 10.2. The first kappa shape index (κ1) is 23.9. The van der Waals surface area contributed by atoms with Crippen molar-refractivity contribution in [3.8, 4) is 11.5 Å². The highest BCUT2D eigenvalue weighted by Crippen LogP contribution is 2.39. The zero-order chi connectivity index (χ0) is 24.2. The molecule has 1 heterocycles. The molecule has 1 saturated heterocycles. The van der Waals surface area contributed by atoms with Crippen LogP contribution in [-0.2, 0) is 11.4 Å². The van der Waals surface area contributed by atoms with Crippen LogP contribution in [0, 0.1) is 10.1 Å². The molecule has 3 aromatic rings. The van der Waals surface area contributed by atoms with E-state index in [1.54, 1.807) is 30.3 Å². The number of benzene rings is 3. The van der Waals surface area contributed by atoms with Crippen LogP contribution in [0.15, 0.2) is 76.1 Å². The van der Waals surface area contributed by atoms with Gasteiger partial charge in [-0.3, -0.25) is 19.8 Å². The Morgan fingerprint density at radius 3 is 2.59 bits per heavy atom. The Bertz CT molecular complexity index is 1310. The Balaban J connectivity index is 1.57. The molecule has 0 bridgehead atoms. The third kappa shape index (κ3) is 5.14. The van der Waals surface area contributed by atoms with Crippen LogP contribution in [0.2, 0.25) is 0 Å². The summed E-state index contributed by atoms with van der Waals surface area (Å²) in [5.74, 6) is 0.714. The number of non-ortho nitro benzene ring substituents is 1. The molecule has 0 aliphatic carbocycles. The molecule has 10 heteroatoms. The van der Waals surface area contributed by atoms with E-state index >= 15 is 0 Å². The number of nitrogens with zero attached hydrogens (tertiary/aromatic N) is 2. The van der Waals surface area contributed by atoms with E-state index in [0.717, 1.165) is 5.69 Å².